The van der Waals surface area contributed by atoms with E-state index < -0.39 is 0 Å². The maximum Gasteiger partial charge on any atom is 0.0519 e. The van der Waals surface area contributed by atoms with Gasteiger partial charge in [-0.3, -0.25) is 0 Å². The Bertz CT molecular complexity index is 613. The molecular weight excluding hydrogens is 230 g/mol. The Balaban J connectivity index is 1.86. The molecule has 0 saturated heterocycles. The van der Waals surface area contributed by atoms with Gasteiger partial charge in [0.05, 0.1) is 6.04 Å². The van der Waals surface area contributed by atoms with E-state index in [-0.39, 0.29) is 0 Å². The molecule has 0 spiro atoms. The number of hydrogen-bond acceptors (Lipinski definition) is 1. The van der Waals surface area contributed by atoms with Crippen molar-refractivity contribution in [3.63, 3.8) is 0 Å². The first-order valence-electron chi connectivity index (χ1n) is 7.07. The highest BCUT2D eigenvalue weighted by Gasteiger charge is 2.22. The lowest BCUT2D eigenvalue weighted by Gasteiger charge is -2.17. The van der Waals surface area contributed by atoms with Crippen LogP contribution in [0.25, 0.3) is 0 Å². The first kappa shape index (κ1) is 12.3. The first-order chi connectivity index (χ1) is 9.13. The molecule has 98 valence electrons. The van der Waals surface area contributed by atoms with Crippen LogP contribution in [0.1, 0.15) is 40.3 Å². The van der Waals surface area contributed by atoms with Crippen molar-refractivity contribution in [2.45, 2.75) is 39.7 Å². The summed E-state index contributed by atoms with van der Waals surface area (Å²) in [7, 11) is 0. The number of fused-ring (bicyclic) bond motifs is 1. The van der Waals surface area contributed by atoms with Gasteiger partial charge >= 0.3 is 0 Å². The molecule has 1 atom stereocenters. The zero-order valence-electron chi connectivity index (χ0n) is 12.0. The second-order valence-electron chi connectivity index (χ2n) is 5.74. The maximum absolute atomic E-state index is 3.69. The van der Waals surface area contributed by atoms with Crippen LogP contribution < -0.4 is 5.32 Å². The Kier molecular flexibility index (Phi) is 3.06. The van der Waals surface area contributed by atoms with Gasteiger partial charge in [0.1, 0.15) is 0 Å². The third-order valence-electron chi connectivity index (χ3n) is 4.23. The van der Waals surface area contributed by atoms with Crippen molar-refractivity contribution in [3.8, 4) is 0 Å². The van der Waals surface area contributed by atoms with Crippen LogP contribution in [0.4, 0.5) is 5.69 Å². The van der Waals surface area contributed by atoms with E-state index in [4.69, 9.17) is 0 Å². The minimum absolute atomic E-state index is 0.469. The minimum atomic E-state index is 0.469. The van der Waals surface area contributed by atoms with E-state index in [0.717, 1.165) is 0 Å². The van der Waals surface area contributed by atoms with Gasteiger partial charge in [-0.25, -0.2) is 0 Å². The van der Waals surface area contributed by atoms with E-state index in [1.807, 2.05) is 0 Å². The average Bonchev–Trinajstić information content (AvgIpc) is 2.77. The largest absolute Gasteiger partial charge is 0.378 e. The van der Waals surface area contributed by atoms with Crippen molar-refractivity contribution in [1.82, 2.24) is 0 Å². The molecule has 0 aromatic heterocycles. The molecule has 1 aliphatic rings. The summed E-state index contributed by atoms with van der Waals surface area (Å²) < 4.78 is 0. The van der Waals surface area contributed by atoms with Crippen LogP contribution in [-0.2, 0) is 6.42 Å². The molecule has 0 radical (unpaired) electrons. The van der Waals surface area contributed by atoms with E-state index in [2.05, 4.69) is 62.5 Å². The van der Waals surface area contributed by atoms with Crippen LogP contribution in [0.3, 0.4) is 0 Å². The van der Waals surface area contributed by atoms with E-state index in [1.165, 1.54) is 46.3 Å². The number of benzene rings is 2. The molecule has 3 rings (SSSR count). The summed E-state index contributed by atoms with van der Waals surface area (Å²) in [6.07, 6.45) is 2.39. The van der Waals surface area contributed by atoms with Crippen LogP contribution >= 0.6 is 0 Å². The minimum Gasteiger partial charge on any atom is -0.378 e. The topological polar surface area (TPSA) is 12.0 Å². The Morgan fingerprint density at radius 3 is 2.58 bits per heavy atom. The lowest BCUT2D eigenvalue weighted by molar-refractivity contribution is 0.761. The predicted octanol–water partition coefficient (Wildman–Crippen LogP) is 4.71. The molecule has 0 saturated carbocycles. The Morgan fingerprint density at radius 2 is 1.79 bits per heavy atom. The molecule has 1 N–H and O–H groups in total. The molecule has 0 fully saturated rings. The zero-order valence-corrected chi connectivity index (χ0v) is 12.0. The number of anilines is 1. The highest BCUT2D eigenvalue weighted by atomic mass is 14.9. The van der Waals surface area contributed by atoms with Gasteiger partial charge in [0.25, 0.3) is 0 Å². The van der Waals surface area contributed by atoms with Crippen LogP contribution in [0, 0.1) is 20.8 Å². The smallest absolute Gasteiger partial charge is 0.0519 e. The fourth-order valence-electron chi connectivity index (χ4n) is 2.90. The normalized spacial score (nSPS) is 17.3. The summed E-state index contributed by atoms with van der Waals surface area (Å²) in [5.41, 5.74) is 8.29. The molecule has 1 unspecified atom stereocenters. The van der Waals surface area contributed by atoms with Crippen molar-refractivity contribution in [1.29, 1.82) is 0 Å². The summed E-state index contributed by atoms with van der Waals surface area (Å²) in [5.74, 6) is 0. The van der Waals surface area contributed by atoms with Gasteiger partial charge in [-0.2, -0.15) is 0 Å². The van der Waals surface area contributed by atoms with E-state index in [9.17, 15) is 0 Å². The SMILES string of the molecule is Cc1ccc2c(c1)C(Nc1ccc(C)c(C)c1)CC2. The second kappa shape index (κ2) is 4.73. The molecule has 1 nitrogen and oxygen atoms in total. The molecule has 0 aliphatic heterocycles. The van der Waals surface area contributed by atoms with Crippen molar-refractivity contribution in [3.05, 3.63) is 64.2 Å². The second-order valence-corrected chi connectivity index (χ2v) is 5.74. The summed E-state index contributed by atoms with van der Waals surface area (Å²) in [6.45, 7) is 6.51. The molecule has 19 heavy (non-hydrogen) atoms. The van der Waals surface area contributed by atoms with Crippen LogP contribution in [0.2, 0.25) is 0 Å². The van der Waals surface area contributed by atoms with Crippen LogP contribution in [0.15, 0.2) is 36.4 Å². The lowest BCUT2D eigenvalue weighted by atomic mass is 10.0. The van der Waals surface area contributed by atoms with Crippen LogP contribution in [-0.4, -0.2) is 0 Å². The molecule has 2 aromatic carbocycles. The molecule has 1 heteroatoms. The summed E-state index contributed by atoms with van der Waals surface area (Å²) >= 11 is 0. The fourth-order valence-corrected chi connectivity index (χ4v) is 2.90. The average molecular weight is 251 g/mol. The molecule has 2 aromatic rings. The summed E-state index contributed by atoms with van der Waals surface area (Å²) in [5, 5.41) is 3.69. The molecule has 1 aliphatic carbocycles. The zero-order chi connectivity index (χ0) is 13.4. The Morgan fingerprint density at radius 1 is 0.947 bits per heavy atom. The van der Waals surface area contributed by atoms with Gasteiger partial charge < -0.3 is 5.32 Å². The predicted molar refractivity (Wildman–Crippen MR) is 81.8 cm³/mol. The number of nitrogens with one attached hydrogen (secondary N) is 1. The first-order valence-corrected chi connectivity index (χ1v) is 7.07. The van der Waals surface area contributed by atoms with Gasteiger partial charge in [-0.05, 0) is 68.0 Å². The molecular formula is C18H21N. The molecule has 0 bridgehead atoms. The van der Waals surface area contributed by atoms with Crippen molar-refractivity contribution in [2.24, 2.45) is 0 Å². The molecule has 0 amide bonds. The summed E-state index contributed by atoms with van der Waals surface area (Å²) in [6, 6.07) is 13.9. The van der Waals surface area contributed by atoms with Gasteiger partial charge in [-0.1, -0.05) is 29.8 Å². The van der Waals surface area contributed by atoms with E-state index in [0.29, 0.717) is 6.04 Å². The monoisotopic (exact) mass is 251 g/mol. The molecule has 0 heterocycles. The van der Waals surface area contributed by atoms with Crippen LogP contribution in [0.5, 0.6) is 0 Å². The quantitative estimate of drug-likeness (QED) is 0.815. The van der Waals surface area contributed by atoms with Crippen molar-refractivity contribution < 1.29 is 0 Å². The number of hydrogen-bond donors (Lipinski definition) is 1. The highest BCUT2D eigenvalue weighted by molar-refractivity contribution is 5.51. The van der Waals surface area contributed by atoms with E-state index in [1.54, 1.807) is 0 Å². The van der Waals surface area contributed by atoms with Gasteiger partial charge in [0, 0.05) is 5.69 Å². The lowest BCUT2D eigenvalue weighted by Crippen LogP contribution is -2.07. The van der Waals surface area contributed by atoms with Gasteiger partial charge in [0.15, 0.2) is 0 Å². The number of aryl methyl sites for hydroxylation is 4. The maximum atomic E-state index is 3.69. The Labute approximate surface area is 115 Å². The summed E-state index contributed by atoms with van der Waals surface area (Å²) in [4.78, 5) is 0. The van der Waals surface area contributed by atoms with Crippen molar-refractivity contribution >= 4 is 5.69 Å². The third-order valence-corrected chi connectivity index (χ3v) is 4.23. The highest BCUT2D eigenvalue weighted by Crippen LogP contribution is 2.34. The van der Waals surface area contributed by atoms with E-state index >= 15 is 0 Å². The fraction of sp³-hybridized carbons (Fsp3) is 0.333. The van der Waals surface area contributed by atoms with Crippen molar-refractivity contribution in [2.75, 3.05) is 5.32 Å². The number of rotatable bonds is 2. The van der Waals surface area contributed by atoms with Gasteiger partial charge in [0.2, 0.25) is 0 Å². The standard InChI is InChI=1S/C18H21N/c1-12-4-6-15-7-9-18(17(15)10-12)19-16-8-5-13(2)14(3)11-16/h4-6,8,10-11,18-19H,7,9H2,1-3H3. The van der Waals surface area contributed by atoms with Gasteiger partial charge in [-0.15, -0.1) is 0 Å². The third kappa shape index (κ3) is 2.37. The Hall–Kier alpha value is -1.76.